The molecule has 17 heavy (non-hydrogen) atoms. The Bertz CT molecular complexity index is 457. The molecule has 1 heteroatoms. The van der Waals surface area contributed by atoms with Crippen molar-refractivity contribution < 1.29 is 4.74 Å². The molecule has 0 aliphatic carbocycles. The van der Waals surface area contributed by atoms with Crippen molar-refractivity contribution in [3.8, 4) is 0 Å². The van der Waals surface area contributed by atoms with Gasteiger partial charge in [-0.25, -0.2) is 0 Å². The largest absolute Gasteiger partial charge is 0.372 e. The third-order valence-electron chi connectivity index (χ3n) is 3.18. The van der Waals surface area contributed by atoms with Gasteiger partial charge in [-0.15, -0.1) is 0 Å². The van der Waals surface area contributed by atoms with Gasteiger partial charge in [-0.1, -0.05) is 48.5 Å². The van der Waals surface area contributed by atoms with E-state index in [1.165, 1.54) is 22.3 Å². The molecule has 0 radical (unpaired) electrons. The van der Waals surface area contributed by atoms with Gasteiger partial charge in [0.05, 0.1) is 0 Å². The van der Waals surface area contributed by atoms with Gasteiger partial charge < -0.3 is 4.74 Å². The summed E-state index contributed by atoms with van der Waals surface area (Å²) in [4.78, 5) is 0. The van der Waals surface area contributed by atoms with Gasteiger partial charge in [0.2, 0.25) is 0 Å². The number of hydrogen-bond donors (Lipinski definition) is 0. The lowest BCUT2D eigenvalue weighted by atomic mass is 9.94. The van der Waals surface area contributed by atoms with Crippen LogP contribution in [0.1, 0.15) is 28.4 Å². The van der Waals surface area contributed by atoms with Crippen molar-refractivity contribution in [3.05, 3.63) is 70.8 Å². The zero-order valence-electron chi connectivity index (χ0n) is 10.6. The van der Waals surface area contributed by atoms with Crippen LogP contribution in [0, 0.1) is 13.8 Å². The normalized spacial score (nSPS) is 10.8. The van der Waals surface area contributed by atoms with Gasteiger partial charge in [0, 0.05) is 7.11 Å². The first-order chi connectivity index (χ1) is 8.24. The molecular formula is C16H18O. The molecule has 0 aromatic heterocycles. The van der Waals surface area contributed by atoms with Crippen LogP contribution in [0.3, 0.4) is 0 Å². The summed E-state index contributed by atoms with van der Waals surface area (Å²) in [5, 5.41) is 0. The van der Waals surface area contributed by atoms with Gasteiger partial charge in [-0.05, 0) is 36.1 Å². The van der Waals surface area contributed by atoms with Gasteiger partial charge in [0.1, 0.15) is 6.10 Å². The van der Waals surface area contributed by atoms with E-state index < -0.39 is 0 Å². The number of hydrogen-bond acceptors (Lipinski definition) is 1. The number of methoxy groups -OCH3 is 1. The van der Waals surface area contributed by atoms with Gasteiger partial charge in [-0.2, -0.15) is 0 Å². The summed E-state index contributed by atoms with van der Waals surface area (Å²) in [6, 6.07) is 16.8. The van der Waals surface area contributed by atoms with E-state index in [-0.39, 0.29) is 6.10 Å². The Morgan fingerprint density at radius 2 is 1.18 bits per heavy atom. The summed E-state index contributed by atoms with van der Waals surface area (Å²) in [6.07, 6.45) is 0.0254. The lowest BCUT2D eigenvalue weighted by molar-refractivity contribution is 0.135. The highest BCUT2D eigenvalue weighted by Crippen LogP contribution is 2.29. The second-order valence-electron chi connectivity index (χ2n) is 4.33. The average Bonchev–Trinajstić information content (AvgIpc) is 2.34. The second kappa shape index (κ2) is 5.15. The third-order valence-corrected chi connectivity index (χ3v) is 3.18. The predicted octanol–water partition coefficient (Wildman–Crippen LogP) is 4.04. The molecule has 2 aromatic rings. The van der Waals surface area contributed by atoms with Crippen molar-refractivity contribution >= 4 is 0 Å². The molecule has 0 N–H and O–H groups in total. The first-order valence-corrected chi connectivity index (χ1v) is 5.88. The van der Waals surface area contributed by atoms with Crippen LogP contribution in [0.15, 0.2) is 48.5 Å². The minimum atomic E-state index is 0.0254. The van der Waals surface area contributed by atoms with Gasteiger partial charge in [-0.3, -0.25) is 0 Å². The fourth-order valence-corrected chi connectivity index (χ4v) is 2.18. The highest BCUT2D eigenvalue weighted by Gasteiger charge is 2.16. The van der Waals surface area contributed by atoms with Crippen LogP contribution < -0.4 is 0 Å². The van der Waals surface area contributed by atoms with E-state index in [4.69, 9.17) is 4.74 Å². The maximum absolute atomic E-state index is 5.68. The van der Waals surface area contributed by atoms with E-state index >= 15 is 0 Å². The van der Waals surface area contributed by atoms with E-state index in [0.717, 1.165) is 0 Å². The maximum Gasteiger partial charge on any atom is 0.108 e. The molecule has 0 bridgehead atoms. The first-order valence-electron chi connectivity index (χ1n) is 5.88. The van der Waals surface area contributed by atoms with Crippen LogP contribution in [0.5, 0.6) is 0 Å². The summed E-state index contributed by atoms with van der Waals surface area (Å²) in [7, 11) is 1.77. The molecule has 0 aliphatic heterocycles. The molecule has 1 nitrogen and oxygen atoms in total. The summed E-state index contributed by atoms with van der Waals surface area (Å²) in [5.74, 6) is 0. The van der Waals surface area contributed by atoms with E-state index in [9.17, 15) is 0 Å². The van der Waals surface area contributed by atoms with Gasteiger partial charge in [0.15, 0.2) is 0 Å². The maximum atomic E-state index is 5.68. The fourth-order valence-electron chi connectivity index (χ4n) is 2.18. The van der Waals surface area contributed by atoms with Crippen LogP contribution in [-0.4, -0.2) is 7.11 Å². The van der Waals surface area contributed by atoms with E-state index in [2.05, 4.69) is 62.4 Å². The SMILES string of the molecule is COC(c1ccccc1C)c1ccccc1C. The number of rotatable bonds is 3. The molecule has 0 spiro atoms. The molecule has 2 aromatic carbocycles. The minimum Gasteiger partial charge on any atom is -0.372 e. The second-order valence-corrected chi connectivity index (χ2v) is 4.33. The lowest BCUT2D eigenvalue weighted by Crippen LogP contribution is -2.06. The summed E-state index contributed by atoms with van der Waals surface area (Å²) >= 11 is 0. The highest BCUT2D eigenvalue weighted by molar-refractivity contribution is 5.38. The van der Waals surface area contributed by atoms with Crippen molar-refractivity contribution in [3.63, 3.8) is 0 Å². The van der Waals surface area contributed by atoms with Crippen LogP contribution in [0.4, 0.5) is 0 Å². The number of ether oxygens (including phenoxy) is 1. The zero-order chi connectivity index (χ0) is 12.3. The predicted molar refractivity (Wildman–Crippen MR) is 71.2 cm³/mol. The summed E-state index contributed by atoms with van der Waals surface area (Å²) in [5.41, 5.74) is 5.01. The van der Waals surface area contributed by atoms with E-state index in [1.54, 1.807) is 7.11 Å². The zero-order valence-corrected chi connectivity index (χ0v) is 10.6. The van der Waals surface area contributed by atoms with E-state index in [0.29, 0.717) is 0 Å². The standard InChI is InChI=1S/C16H18O/c1-12-8-4-6-10-14(12)16(17-3)15-11-7-5-9-13(15)2/h4-11,16H,1-3H3. The molecule has 2 rings (SSSR count). The van der Waals surface area contributed by atoms with Crippen LogP contribution in [0.2, 0.25) is 0 Å². The Morgan fingerprint density at radius 3 is 1.53 bits per heavy atom. The molecule has 0 heterocycles. The van der Waals surface area contributed by atoms with Crippen LogP contribution >= 0.6 is 0 Å². The Balaban J connectivity index is 2.48. The van der Waals surface area contributed by atoms with Crippen molar-refractivity contribution in [2.45, 2.75) is 20.0 Å². The molecule has 0 saturated carbocycles. The molecule has 0 unspecified atom stereocenters. The Morgan fingerprint density at radius 1 is 0.765 bits per heavy atom. The highest BCUT2D eigenvalue weighted by atomic mass is 16.5. The van der Waals surface area contributed by atoms with Crippen LogP contribution in [0.25, 0.3) is 0 Å². The minimum absolute atomic E-state index is 0.0254. The summed E-state index contributed by atoms with van der Waals surface area (Å²) in [6.45, 7) is 4.25. The molecule has 0 saturated heterocycles. The number of benzene rings is 2. The van der Waals surface area contributed by atoms with Crippen molar-refractivity contribution in [2.75, 3.05) is 7.11 Å². The number of aryl methyl sites for hydroxylation is 2. The van der Waals surface area contributed by atoms with Gasteiger partial charge >= 0.3 is 0 Å². The molecule has 88 valence electrons. The summed E-state index contributed by atoms with van der Waals surface area (Å²) < 4.78 is 5.68. The average molecular weight is 226 g/mol. The van der Waals surface area contributed by atoms with E-state index in [1.807, 2.05) is 0 Å². The van der Waals surface area contributed by atoms with Gasteiger partial charge in [0.25, 0.3) is 0 Å². The first kappa shape index (κ1) is 11.9. The Labute approximate surface area is 103 Å². The quantitative estimate of drug-likeness (QED) is 0.767. The van der Waals surface area contributed by atoms with Crippen molar-refractivity contribution in [2.24, 2.45) is 0 Å². The Hall–Kier alpha value is -1.60. The molecule has 0 fully saturated rings. The molecule has 0 amide bonds. The monoisotopic (exact) mass is 226 g/mol. The Kier molecular flexibility index (Phi) is 3.60. The smallest absolute Gasteiger partial charge is 0.108 e. The molecule has 0 aliphatic rings. The molecule has 0 atom stereocenters. The molecular weight excluding hydrogens is 208 g/mol. The van der Waals surface area contributed by atoms with Crippen molar-refractivity contribution in [1.29, 1.82) is 0 Å². The fraction of sp³-hybridized carbons (Fsp3) is 0.250. The van der Waals surface area contributed by atoms with Crippen molar-refractivity contribution in [1.82, 2.24) is 0 Å². The third kappa shape index (κ3) is 2.40. The topological polar surface area (TPSA) is 9.23 Å². The lowest BCUT2D eigenvalue weighted by Gasteiger charge is -2.20. The van der Waals surface area contributed by atoms with Crippen LogP contribution in [-0.2, 0) is 4.74 Å².